The van der Waals surface area contributed by atoms with Gasteiger partial charge >= 0.3 is 0 Å². The number of amides is 1. The second kappa shape index (κ2) is 6.01. The molecule has 0 spiro atoms. The van der Waals surface area contributed by atoms with Crippen LogP contribution < -0.4 is 11.1 Å². The van der Waals surface area contributed by atoms with Gasteiger partial charge in [-0.3, -0.25) is 4.79 Å². The highest BCUT2D eigenvalue weighted by Crippen LogP contribution is 2.18. The molecule has 19 heavy (non-hydrogen) atoms. The normalized spacial score (nSPS) is 13.0. The number of nitrogens with two attached hydrogens (primary N) is 1. The van der Waals surface area contributed by atoms with E-state index in [1.54, 1.807) is 6.92 Å². The van der Waals surface area contributed by atoms with Crippen LogP contribution in [-0.4, -0.2) is 25.3 Å². The summed E-state index contributed by atoms with van der Waals surface area (Å²) < 4.78 is 36.9. The van der Waals surface area contributed by atoms with Crippen molar-refractivity contribution in [2.45, 2.75) is 25.5 Å². The summed E-state index contributed by atoms with van der Waals surface area (Å²) in [6, 6.07) is 3.70. The van der Waals surface area contributed by atoms with Gasteiger partial charge in [0.15, 0.2) is 9.84 Å². The monoisotopic (exact) mass is 288 g/mol. The van der Waals surface area contributed by atoms with Crippen LogP contribution in [0.4, 0.5) is 15.8 Å². The molecule has 0 fully saturated rings. The zero-order valence-corrected chi connectivity index (χ0v) is 11.6. The van der Waals surface area contributed by atoms with Crippen LogP contribution in [0.3, 0.4) is 0 Å². The number of nitrogen functional groups attached to an aromatic ring is 1. The average Bonchev–Trinajstić information content (AvgIpc) is 2.32. The summed E-state index contributed by atoms with van der Waals surface area (Å²) in [7, 11) is -3.52. The number of anilines is 2. The van der Waals surface area contributed by atoms with Crippen LogP contribution in [0.1, 0.15) is 20.3 Å². The lowest BCUT2D eigenvalue weighted by molar-refractivity contribution is -0.115. The second-order valence-electron chi connectivity index (χ2n) is 4.24. The number of hydrogen-bond acceptors (Lipinski definition) is 4. The van der Waals surface area contributed by atoms with E-state index in [4.69, 9.17) is 5.73 Å². The highest BCUT2D eigenvalue weighted by molar-refractivity contribution is 7.92. The van der Waals surface area contributed by atoms with E-state index in [1.807, 2.05) is 0 Å². The first-order valence-corrected chi connectivity index (χ1v) is 7.57. The highest BCUT2D eigenvalue weighted by atomic mass is 32.2. The van der Waals surface area contributed by atoms with Crippen LogP contribution in [0, 0.1) is 5.82 Å². The Kier molecular flexibility index (Phi) is 4.88. The summed E-state index contributed by atoms with van der Waals surface area (Å²) >= 11 is 0. The van der Waals surface area contributed by atoms with Gasteiger partial charge in [0, 0.05) is 5.69 Å². The van der Waals surface area contributed by atoms with E-state index in [-0.39, 0.29) is 17.1 Å². The molecular weight excluding hydrogens is 271 g/mol. The number of halogens is 1. The Labute approximate surface area is 111 Å². The third-order valence-corrected chi connectivity index (χ3v) is 4.91. The minimum Gasteiger partial charge on any atom is -0.399 e. The average molecular weight is 288 g/mol. The lowest BCUT2D eigenvalue weighted by Gasteiger charge is -2.13. The first-order valence-electron chi connectivity index (χ1n) is 5.85. The van der Waals surface area contributed by atoms with Crippen molar-refractivity contribution < 1.29 is 17.6 Å². The fourth-order valence-corrected chi connectivity index (χ4v) is 2.81. The predicted molar refractivity (Wildman–Crippen MR) is 73.0 cm³/mol. The van der Waals surface area contributed by atoms with Crippen molar-refractivity contribution in [1.29, 1.82) is 0 Å². The number of sulfone groups is 1. The third kappa shape index (κ3) is 3.92. The fourth-order valence-electron chi connectivity index (χ4n) is 1.50. The van der Waals surface area contributed by atoms with Crippen molar-refractivity contribution in [2.75, 3.05) is 16.8 Å². The fraction of sp³-hybridized carbons (Fsp3) is 0.417. The maximum atomic E-state index is 13.4. The quantitative estimate of drug-likeness (QED) is 0.805. The van der Waals surface area contributed by atoms with Gasteiger partial charge in [-0.1, -0.05) is 6.92 Å². The van der Waals surface area contributed by atoms with Gasteiger partial charge in [-0.15, -0.1) is 0 Å². The first-order chi connectivity index (χ1) is 8.77. The van der Waals surface area contributed by atoms with Crippen molar-refractivity contribution in [1.82, 2.24) is 0 Å². The Balaban J connectivity index is 2.88. The van der Waals surface area contributed by atoms with Crippen LogP contribution in [0.2, 0.25) is 0 Å². The van der Waals surface area contributed by atoms with E-state index < -0.39 is 26.8 Å². The van der Waals surface area contributed by atoms with E-state index in [0.717, 1.165) is 6.07 Å². The minimum absolute atomic E-state index is 0.0823. The largest absolute Gasteiger partial charge is 0.399 e. The van der Waals surface area contributed by atoms with Gasteiger partial charge in [-0.25, -0.2) is 12.8 Å². The molecule has 0 saturated heterocycles. The maximum Gasteiger partial charge on any atom is 0.242 e. The zero-order valence-electron chi connectivity index (χ0n) is 10.8. The Morgan fingerprint density at radius 2 is 2.11 bits per heavy atom. The molecule has 0 aliphatic rings. The Bertz CT molecular complexity index is 572. The van der Waals surface area contributed by atoms with Crippen LogP contribution >= 0.6 is 0 Å². The lowest BCUT2D eigenvalue weighted by Crippen LogP contribution is -2.34. The summed E-state index contributed by atoms with van der Waals surface area (Å²) in [6.07, 6.45) is 0.423. The van der Waals surface area contributed by atoms with Crippen LogP contribution in [0.15, 0.2) is 18.2 Å². The summed E-state index contributed by atoms with van der Waals surface area (Å²) in [6.45, 7) is 2.99. The maximum absolute atomic E-state index is 13.4. The van der Waals surface area contributed by atoms with Gasteiger partial charge in [0.25, 0.3) is 0 Å². The minimum atomic E-state index is -3.52. The molecule has 7 heteroatoms. The van der Waals surface area contributed by atoms with Crippen LogP contribution in [-0.2, 0) is 14.6 Å². The standard InChI is InChI=1S/C12H17FN2O3S/c1-3-6-19(17,18)8(2)12(16)15-11-7-9(14)4-5-10(11)13/h4-5,7-8H,3,6,14H2,1-2H3,(H,15,16). The van der Waals surface area contributed by atoms with Gasteiger partial charge in [-0.2, -0.15) is 0 Å². The zero-order chi connectivity index (χ0) is 14.6. The molecule has 0 aliphatic heterocycles. The number of hydrogen-bond donors (Lipinski definition) is 2. The molecule has 1 rings (SSSR count). The van der Waals surface area contributed by atoms with Crippen LogP contribution in [0.5, 0.6) is 0 Å². The number of rotatable bonds is 5. The summed E-state index contributed by atoms with van der Waals surface area (Å²) in [5.41, 5.74) is 5.63. The molecule has 0 radical (unpaired) electrons. The van der Waals surface area contributed by atoms with Gasteiger partial charge < -0.3 is 11.1 Å². The molecule has 1 amide bonds. The number of nitrogens with one attached hydrogen (secondary N) is 1. The first kappa shape index (κ1) is 15.4. The molecule has 106 valence electrons. The molecule has 1 aromatic carbocycles. The van der Waals surface area contributed by atoms with Gasteiger partial charge in [0.1, 0.15) is 11.1 Å². The molecular formula is C12H17FN2O3S. The molecule has 1 atom stereocenters. The number of carbonyl (C=O) groups excluding carboxylic acids is 1. The molecule has 1 aromatic rings. The third-order valence-electron chi connectivity index (χ3n) is 2.64. The Morgan fingerprint density at radius 1 is 1.47 bits per heavy atom. The van der Waals surface area contributed by atoms with Crippen molar-refractivity contribution >= 4 is 27.1 Å². The molecule has 5 nitrogen and oxygen atoms in total. The summed E-state index contributed by atoms with van der Waals surface area (Å²) in [5, 5.41) is 1.01. The van der Waals surface area contributed by atoms with E-state index in [1.165, 1.54) is 19.1 Å². The molecule has 0 heterocycles. The van der Waals surface area contributed by atoms with Crippen molar-refractivity contribution in [2.24, 2.45) is 0 Å². The molecule has 3 N–H and O–H groups in total. The van der Waals surface area contributed by atoms with E-state index in [2.05, 4.69) is 5.32 Å². The van der Waals surface area contributed by atoms with Crippen molar-refractivity contribution in [3.8, 4) is 0 Å². The number of carbonyl (C=O) groups is 1. The Morgan fingerprint density at radius 3 is 2.68 bits per heavy atom. The Hall–Kier alpha value is -1.63. The molecule has 1 unspecified atom stereocenters. The predicted octanol–water partition coefficient (Wildman–Crippen LogP) is 1.56. The summed E-state index contributed by atoms with van der Waals surface area (Å²) in [4.78, 5) is 11.8. The highest BCUT2D eigenvalue weighted by Gasteiger charge is 2.27. The van der Waals surface area contributed by atoms with Crippen molar-refractivity contribution in [3.05, 3.63) is 24.0 Å². The molecule has 0 aliphatic carbocycles. The summed E-state index contributed by atoms with van der Waals surface area (Å²) in [5.74, 6) is -1.51. The van der Waals surface area contributed by atoms with Crippen molar-refractivity contribution in [3.63, 3.8) is 0 Å². The van der Waals surface area contributed by atoms with E-state index in [0.29, 0.717) is 6.42 Å². The van der Waals surface area contributed by atoms with Gasteiger partial charge in [0.05, 0.1) is 11.4 Å². The second-order valence-corrected chi connectivity index (χ2v) is 6.68. The van der Waals surface area contributed by atoms with Gasteiger partial charge in [0.2, 0.25) is 5.91 Å². The van der Waals surface area contributed by atoms with E-state index >= 15 is 0 Å². The van der Waals surface area contributed by atoms with Gasteiger partial charge in [-0.05, 0) is 31.5 Å². The molecule has 0 aromatic heterocycles. The number of benzene rings is 1. The SMILES string of the molecule is CCCS(=O)(=O)C(C)C(=O)Nc1cc(N)ccc1F. The van der Waals surface area contributed by atoms with E-state index in [9.17, 15) is 17.6 Å². The van der Waals surface area contributed by atoms with Crippen LogP contribution in [0.25, 0.3) is 0 Å². The smallest absolute Gasteiger partial charge is 0.242 e. The topological polar surface area (TPSA) is 89.3 Å². The molecule has 0 saturated carbocycles. The lowest BCUT2D eigenvalue weighted by atomic mass is 10.2. The molecule has 0 bridgehead atoms.